The molecule has 0 radical (unpaired) electrons. The Kier molecular flexibility index (Phi) is 2.56. The summed E-state index contributed by atoms with van der Waals surface area (Å²) >= 11 is 5.28. The zero-order chi connectivity index (χ0) is 9.26. The van der Waals surface area contributed by atoms with Gasteiger partial charge in [-0.15, -0.1) is 11.8 Å². The maximum atomic E-state index is 4.36. The lowest BCUT2D eigenvalue weighted by molar-refractivity contribution is 1.28. The lowest BCUT2D eigenvalue weighted by Crippen LogP contribution is -1.82. The van der Waals surface area contributed by atoms with Crippen LogP contribution in [-0.4, -0.2) is 11.2 Å². The molecule has 66 valence electrons. The van der Waals surface area contributed by atoms with Crippen LogP contribution in [0.25, 0.3) is 10.9 Å². The normalized spacial score (nSPS) is 10.6. The molecular formula is C10H8BrNS. The Morgan fingerprint density at radius 3 is 2.85 bits per heavy atom. The Morgan fingerprint density at radius 2 is 2.08 bits per heavy atom. The third-order valence-corrected chi connectivity index (χ3v) is 3.76. The van der Waals surface area contributed by atoms with Crippen LogP contribution in [0.4, 0.5) is 0 Å². The molecule has 0 aliphatic carbocycles. The number of aromatic nitrogens is 1. The average Bonchev–Trinajstić information content (AvgIpc) is 2.19. The summed E-state index contributed by atoms with van der Waals surface area (Å²) in [5.41, 5.74) is 1.03. The molecule has 0 fully saturated rings. The minimum absolute atomic E-state index is 1.03. The maximum Gasteiger partial charge on any atom is 0.0714 e. The van der Waals surface area contributed by atoms with Crippen molar-refractivity contribution in [1.82, 2.24) is 4.98 Å². The van der Waals surface area contributed by atoms with E-state index >= 15 is 0 Å². The van der Waals surface area contributed by atoms with Crippen molar-refractivity contribution in [3.05, 3.63) is 34.9 Å². The number of para-hydroxylation sites is 1. The molecule has 0 saturated heterocycles. The third kappa shape index (κ3) is 1.58. The van der Waals surface area contributed by atoms with E-state index < -0.39 is 0 Å². The van der Waals surface area contributed by atoms with Gasteiger partial charge in [0.25, 0.3) is 0 Å². The summed E-state index contributed by atoms with van der Waals surface area (Å²) in [6.07, 6.45) is 3.95. The Labute approximate surface area is 89.7 Å². The molecule has 1 nitrogen and oxygen atoms in total. The second kappa shape index (κ2) is 3.68. The topological polar surface area (TPSA) is 12.9 Å². The number of hydrogen-bond acceptors (Lipinski definition) is 2. The minimum Gasteiger partial charge on any atom is -0.255 e. The smallest absolute Gasteiger partial charge is 0.0714 e. The van der Waals surface area contributed by atoms with Gasteiger partial charge in [-0.1, -0.05) is 18.2 Å². The number of halogens is 1. The number of rotatable bonds is 1. The van der Waals surface area contributed by atoms with Gasteiger partial charge in [0.05, 0.1) is 5.52 Å². The minimum atomic E-state index is 1.03. The molecule has 0 N–H and O–H groups in total. The van der Waals surface area contributed by atoms with E-state index in [2.05, 4.69) is 33.2 Å². The summed E-state index contributed by atoms with van der Waals surface area (Å²) in [5.74, 6) is 0. The number of hydrogen-bond donors (Lipinski definition) is 0. The second-order valence-corrected chi connectivity index (χ2v) is 4.30. The van der Waals surface area contributed by atoms with Crippen molar-refractivity contribution in [2.45, 2.75) is 4.90 Å². The van der Waals surface area contributed by atoms with Crippen LogP contribution in [0.5, 0.6) is 0 Å². The summed E-state index contributed by atoms with van der Waals surface area (Å²) < 4.78 is 1.14. The van der Waals surface area contributed by atoms with Gasteiger partial charge in [-0.05, 0) is 28.3 Å². The summed E-state index contributed by atoms with van der Waals surface area (Å²) in [6.45, 7) is 0. The number of pyridine rings is 1. The highest BCUT2D eigenvalue weighted by molar-refractivity contribution is 9.10. The molecule has 3 heteroatoms. The number of fused-ring (bicyclic) bond motifs is 1. The molecular weight excluding hydrogens is 246 g/mol. The molecule has 0 saturated carbocycles. The summed E-state index contributed by atoms with van der Waals surface area (Å²) in [5, 5.41) is 1.18. The number of thioether (sulfide) groups is 1. The van der Waals surface area contributed by atoms with Crippen molar-refractivity contribution in [1.29, 1.82) is 0 Å². The summed E-state index contributed by atoms with van der Waals surface area (Å²) in [7, 11) is 0. The predicted octanol–water partition coefficient (Wildman–Crippen LogP) is 3.72. The lowest BCUT2D eigenvalue weighted by atomic mass is 10.2. The first-order valence-corrected chi connectivity index (χ1v) is 5.92. The molecule has 13 heavy (non-hydrogen) atoms. The molecule has 0 amide bonds. The van der Waals surface area contributed by atoms with E-state index in [1.807, 2.05) is 24.4 Å². The van der Waals surface area contributed by atoms with Gasteiger partial charge in [-0.2, -0.15) is 0 Å². The average molecular weight is 254 g/mol. The largest absolute Gasteiger partial charge is 0.255 e. The lowest BCUT2D eigenvalue weighted by Gasteiger charge is -2.03. The highest BCUT2D eigenvalue weighted by Gasteiger charge is 2.03. The number of nitrogens with zero attached hydrogens (tertiary/aromatic N) is 1. The van der Waals surface area contributed by atoms with Crippen LogP contribution in [-0.2, 0) is 0 Å². The highest BCUT2D eigenvalue weighted by atomic mass is 79.9. The molecule has 0 unspecified atom stereocenters. The van der Waals surface area contributed by atoms with Crippen LogP contribution in [0.1, 0.15) is 0 Å². The number of benzene rings is 1. The fourth-order valence-corrected chi connectivity index (χ4v) is 2.60. The van der Waals surface area contributed by atoms with Gasteiger partial charge in [-0.3, -0.25) is 4.98 Å². The Balaban J connectivity index is 2.79. The predicted molar refractivity (Wildman–Crippen MR) is 61.2 cm³/mol. The van der Waals surface area contributed by atoms with E-state index in [1.54, 1.807) is 11.8 Å². The molecule has 0 spiro atoms. The van der Waals surface area contributed by atoms with Crippen molar-refractivity contribution in [3.63, 3.8) is 0 Å². The van der Waals surface area contributed by atoms with E-state index in [0.29, 0.717) is 0 Å². The van der Waals surface area contributed by atoms with E-state index in [0.717, 1.165) is 9.99 Å². The highest BCUT2D eigenvalue weighted by Crippen LogP contribution is 2.31. The quantitative estimate of drug-likeness (QED) is 0.719. The summed E-state index contributed by atoms with van der Waals surface area (Å²) in [4.78, 5) is 5.54. The Hall–Kier alpha value is -0.540. The standard InChI is InChI=1S/C10H8BrNS/c1-13-9-6-12-8-5-3-2-4-7(8)10(9)11/h2-6H,1H3. The van der Waals surface area contributed by atoms with Gasteiger partial charge in [0.2, 0.25) is 0 Å². The van der Waals surface area contributed by atoms with E-state index in [-0.39, 0.29) is 0 Å². The Morgan fingerprint density at radius 1 is 1.31 bits per heavy atom. The van der Waals surface area contributed by atoms with Crippen LogP contribution in [0.15, 0.2) is 39.8 Å². The SMILES string of the molecule is CSc1cnc2ccccc2c1Br. The molecule has 1 aromatic heterocycles. The zero-order valence-electron chi connectivity index (χ0n) is 7.12. The van der Waals surface area contributed by atoms with Crippen molar-refractivity contribution < 1.29 is 0 Å². The van der Waals surface area contributed by atoms with Gasteiger partial charge in [0, 0.05) is 21.0 Å². The van der Waals surface area contributed by atoms with Gasteiger partial charge >= 0.3 is 0 Å². The molecule has 0 aliphatic heterocycles. The van der Waals surface area contributed by atoms with Crippen LogP contribution >= 0.6 is 27.7 Å². The first-order chi connectivity index (χ1) is 6.33. The van der Waals surface area contributed by atoms with Crippen LogP contribution in [0.2, 0.25) is 0 Å². The van der Waals surface area contributed by atoms with Gasteiger partial charge < -0.3 is 0 Å². The molecule has 0 bridgehead atoms. The molecule has 2 aromatic rings. The van der Waals surface area contributed by atoms with Crippen LogP contribution < -0.4 is 0 Å². The fourth-order valence-electron chi connectivity index (χ4n) is 1.23. The van der Waals surface area contributed by atoms with Gasteiger partial charge in [-0.25, -0.2) is 0 Å². The first kappa shape index (κ1) is 9.03. The van der Waals surface area contributed by atoms with Crippen LogP contribution in [0.3, 0.4) is 0 Å². The van der Waals surface area contributed by atoms with Crippen molar-refractivity contribution in [2.75, 3.05) is 6.26 Å². The molecule has 1 heterocycles. The summed E-state index contributed by atoms with van der Waals surface area (Å²) in [6, 6.07) is 8.12. The molecule has 2 rings (SSSR count). The third-order valence-electron chi connectivity index (χ3n) is 1.90. The van der Waals surface area contributed by atoms with E-state index in [4.69, 9.17) is 0 Å². The molecule has 0 atom stereocenters. The van der Waals surface area contributed by atoms with E-state index in [9.17, 15) is 0 Å². The van der Waals surface area contributed by atoms with Crippen molar-refractivity contribution in [2.24, 2.45) is 0 Å². The van der Waals surface area contributed by atoms with Gasteiger partial charge in [0.1, 0.15) is 0 Å². The fraction of sp³-hybridized carbons (Fsp3) is 0.100. The maximum absolute atomic E-state index is 4.36. The van der Waals surface area contributed by atoms with Crippen LogP contribution in [0, 0.1) is 0 Å². The molecule has 0 aliphatic rings. The van der Waals surface area contributed by atoms with Gasteiger partial charge in [0.15, 0.2) is 0 Å². The first-order valence-electron chi connectivity index (χ1n) is 3.90. The monoisotopic (exact) mass is 253 g/mol. The Bertz CT molecular complexity index is 442. The second-order valence-electron chi connectivity index (χ2n) is 2.66. The van der Waals surface area contributed by atoms with Crippen molar-refractivity contribution in [3.8, 4) is 0 Å². The van der Waals surface area contributed by atoms with Crippen molar-refractivity contribution >= 4 is 38.6 Å². The zero-order valence-corrected chi connectivity index (χ0v) is 9.52. The van der Waals surface area contributed by atoms with E-state index in [1.165, 1.54) is 10.3 Å². The molecule has 1 aromatic carbocycles.